The number of hydrogen-bond acceptors (Lipinski definition) is 2. The molecule has 1 unspecified atom stereocenters. The largest absolute Gasteiger partial charge is 0.299 e. The summed E-state index contributed by atoms with van der Waals surface area (Å²) in [7, 11) is 0. The molecule has 0 aliphatic heterocycles. The van der Waals surface area contributed by atoms with E-state index in [-0.39, 0.29) is 17.5 Å². The number of carbonyl (C=O) groups is 2. The van der Waals surface area contributed by atoms with Crippen molar-refractivity contribution in [1.82, 2.24) is 0 Å². The van der Waals surface area contributed by atoms with Gasteiger partial charge in [0, 0.05) is 5.56 Å². The summed E-state index contributed by atoms with van der Waals surface area (Å²) in [6.45, 7) is 3.09. The average Bonchev–Trinajstić information content (AvgIpc) is 2.40. The molecule has 2 rings (SSSR count). The van der Waals surface area contributed by atoms with Crippen LogP contribution in [0, 0.1) is 0 Å². The van der Waals surface area contributed by atoms with Crippen molar-refractivity contribution in [2.75, 3.05) is 0 Å². The molecule has 0 saturated heterocycles. The molecule has 0 amide bonds. The lowest BCUT2D eigenvalue weighted by molar-refractivity contribution is -0.117. The fraction of sp³-hybridized carbons (Fsp3) is 0.176. The summed E-state index contributed by atoms with van der Waals surface area (Å²) in [6, 6.07) is 16.9. The molecule has 0 saturated carbocycles. The molecular weight excluding hydrogens is 236 g/mol. The van der Waals surface area contributed by atoms with Crippen LogP contribution in [0.3, 0.4) is 0 Å². The van der Waals surface area contributed by atoms with E-state index in [1.807, 2.05) is 48.5 Å². The monoisotopic (exact) mass is 252 g/mol. The van der Waals surface area contributed by atoms with E-state index < -0.39 is 0 Å². The predicted octanol–water partition coefficient (Wildman–Crippen LogP) is 3.61. The molecule has 0 heterocycles. The van der Waals surface area contributed by atoms with Crippen molar-refractivity contribution >= 4 is 11.6 Å². The van der Waals surface area contributed by atoms with Crippen LogP contribution >= 0.6 is 0 Å². The van der Waals surface area contributed by atoms with Gasteiger partial charge in [-0.05, 0) is 25.0 Å². The molecule has 19 heavy (non-hydrogen) atoms. The zero-order valence-corrected chi connectivity index (χ0v) is 11.1. The molecule has 2 aromatic carbocycles. The highest BCUT2D eigenvalue weighted by atomic mass is 16.1. The quantitative estimate of drug-likeness (QED) is 0.779. The third-order valence-electron chi connectivity index (χ3n) is 3.19. The Hall–Kier alpha value is -2.22. The molecule has 2 nitrogen and oxygen atoms in total. The SMILES string of the molecule is CC(=O)c1ccccc1C(C(C)=O)c1ccccc1. The van der Waals surface area contributed by atoms with Gasteiger partial charge in [0.2, 0.25) is 0 Å². The van der Waals surface area contributed by atoms with E-state index in [2.05, 4.69) is 0 Å². The van der Waals surface area contributed by atoms with Crippen molar-refractivity contribution in [1.29, 1.82) is 0 Å². The summed E-state index contributed by atoms with van der Waals surface area (Å²) in [5.74, 6) is -0.348. The Morgan fingerprint density at radius 1 is 0.842 bits per heavy atom. The smallest absolute Gasteiger partial charge is 0.160 e. The zero-order chi connectivity index (χ0) is 13.8. The number of ketones is 2. The third-order valence-corrected chi connectivity index (χ3v) is 3.19. The van der Waals surface area contributed by atoms with E-state index in [1.54, 1.807) is 13.0 Å². The summed E-state index contributed by atoms with van der Waals surface area (Å²) < 4.78 is 0. The van der Waals surface area contributed by atoms with Gasteiger partial charge >= 0.3 is 0 Å². The Morgan fingerprint density at radius 2 is 1.42 bits per heavy atom. The normalized spacial score (nSPS) is 11.9. The highest BCUT2D eigenvalue weighted by Gasteiger charge is 2.22. The first-order chi connectivity index (χ1) is 9.11. The van der Waals surface area contributed by atoms with Crippen LogP contribution in [-0.4, -0.2) is 11.6 Å². The maximum absolute atomic E-state index is 12.0. The molecule has 0 radical (unpaired) electrons. The lowest BCUT2D eigenvalue weighted by Gasteiger charge is -2.17. The van der Waals surface area contributed by atoms with Crippen LogP contribution in [0.1, 0.15) is 41.3 Å². The van der Waals surface area contributed by atoms with Gasteiger partial charge in [0.05, 0.1) is 5.92 Å². The van der Waals surface area contributed by atoms with Crippen LogP contribution in [0.15, 0.2) is 54.6 Å². The Morgan fingerprint density at radius 3 is 2.00 bits per heavy atom. The van der Waals surface area contributed by atoms with Crippen LogP contribution in [0.25, 0.3) is 0 Å². The third kappa shape index (κ3) is 2.79. The maximum atomic E-state index is 12.0. The van der Waals surface area contributed by atoms with Crippen molar-refractivity contribution in [3.63, 3.8) is 0 Å². The Balaban J connectivity index is 2.59. The molecule has 0 N–H and O–H groups in total. The minimum atomic E-state index is -0.374. The topological polar surface area (TPSA) is 34.1 Å². The number of rotatable bonds is 4. The van der Waals surface area contributed by atoms with Crippen molar-refractivity contribution in [3.8, 4) is 0 Å². The van der Waals surface area contributed by atoms with E-state index in [4.69, 9.17) is 0 Å². The summed E-state index contributed by atoms with van der Waals surface area (Å²) in [5.41, 5.74) is 2.32. The van der Waals surface area contributed by atoms with Crippen LogP contribution in [0.2, 0.25) is 0 Å². The van der Waals surface area contributed by atoms with Crippen LogP contribution < -0.4 is 0 Å². The lowest BCUT2D eigenvalue weighted by atomic mass is 9.84. The summed E-state index contributed by atoms with van der Waals surface area (Å²) in [6.07, 6.45) is 0. The van der Waals surface area contributed by atoms with E-state index >= 15 is 0 Å². The second kappa shape index (κ2) is 5.61. The minimum Gasteiger partial charge on any atom is -0.299 e. The summed E-state index contributed by atoms with van der Waals surface area (Å²) >= 11 is 0. The lowest BCUT2D eigenvalue weighted by Crippen LogP contribution is -2.14. The van der Waals surface area contributed by atoms with Gasteiger partial charge in [-0.15, -0.1) is 0 Å². The van der Waals surface area contributed by atoms with Gasteiger partial charge in [0.15, 0.2) is 5.78 Å². The molecule has 0 aromatic heterocycles. The van der Waals surface area contributed by atoms with E-state index in [9.17, 15) is 9.59 Å². The van der Waals surface area contributed by atoms with Gasteiger partial charge in [-0.3, -0.25) is 9.59 Å². The molecule has 0 spiro atoms. The maximum Gasteiger partial charge on any atom is 0.160 e. The minimum absolute atomic E-state index is 0.0159. The van der Waals surface area contributed by atoms with E-state index in [0.29, 0.717) is 5.56 Å². The van der Waals surface area contributed by atoms with Crippen molar-refractivity contribution in [3.05, 3.63) is 71.3 Å². The van der Waals surface area contributed by atoms with Crippen molar-refractivity contribution in [2.45, 2.75) is 19.8 Å². The molecule has 2 heteroatoms. The van der Waals surface area contributed by atoms with E-state index in [0.717, 1.165) is 11.1 Å². The van der Waals surface area contributed by atoms with Gasteiger partial charge in [0.25, 0.3) is 0 Å². The van der Waals surface area contributed by atoms with Gasteiger partial charge in [0.1, 0.15) is 5.78 Å². The van der Waals surface area contributed by atoms with E-state index in [1.165, 1.54) is 6.92 Å². The zero-order valence-electron chi connectivity index (χ0n) is 11.1. The molecular formula is C17H16O2. The first-order valence-corrected chi connectivity index (χ1v) is 6.26. The molecule has 0 aliphatic rings. The molecule has 0 fully saturated rings. The first kappa shape index (κ1) is 13.2. The highest BCUT2D eigenvalue weighted by Crippen LogP contribution is 2.28. The molecule has 0 bridgehead atoms. The number of Topliss-reactive ketones (excluding diaryl/α,β-unsaturated/α-hetero) is 2. The fourth-order valence-corrected chi connectivity index (χ4v) is 2.35. The molecule has 1 atom stereocenters. The van der Waals surface area contributed by atoms with Gasteiger partial charge in [-0.25, -0.2) is 0 Å². The van der Waals surface area contributed by atoms with Crippen LogP contribution in [0.4, 0.5) is 0 Å². The second-order valence-electron chi connectivity index (χ2n) is 4.60. The fourth-order valence-electron chi connectivity index (χ4n) is 2.35. The molecule has 96 valence electrons. The Labute approximate surface area is 113 Å². The standard InChI is InChI=1S/C17H16O2/c1-12(18)15-10-6-7-11-16(15)17(13(2)19)14-8-4-3-5-9-14/h3-11,17H,1-2H3. The van der Waals surface area contributed by atoms with Crippen LogP contribution in [-0.2, 0) is 4.79 Å². The van der Waals surface area contributed by atoms with Gasteiger partial charge in [-0.2, -0.15) is 0 Å². The summed E-state index contributed by atoms with van der Waals surface area (Å²) in [5, 5.41) is 0. The average molecular weight is 252 g/mol. The van der Waals surface area contributed by atoms with Crippen molar-refractivity contribution in [2.24, 2.45) is 0 Å². The molecule has 0 aliphatic carbocycles. The van der Waals surface area contributed by atoms with Gasteiger partial charge < -0.3 is 0 Å². The Kier molecular flexibility index (Phi) is 3.91. The van der Waals surface area contributed by atoms with Gasteiger partial charge in [-0.1, -0.05) is 54.6 Å². The number of hydrogen-bond donors (Lipinski definition) is 0. The number of benzene rings is 2. The summed E-state index contributed by atoms with van der Waals surface area (Å²) in [4.78, 5) is 23.7. The second-order valence-corrected chi connectivity index (χ2v) is 4.60. The predicted molar refractivity (Wildman–Crippen MR) is 75.4 cm³/mol. The number of carbonyl (C=O) groups excluding carboxylic acids is 2. The highest BCUT2D eigenvalue weighted by molar-refractivity contribution is 5.98. The first-order valence-electron chi connectivity index (χ1n) is 6.26. The van der Waals surface area contributed by atoms with Crippen LogP contribution in [0.5, 0.6) is 0 Å². The van der Waals surface area contributed by atoms with Crippen molar-refractivity contribution < 1.29 is 9.59 Å². The molecule has 2 aromatic rings. The Bertz CT molecular complexity index is 600.